The summed E-state index contributed by atoms with van der Waals surface area (Å²) >= 11 is 0. The van der Waals surface area contributed by atoms with E-state index in [4.69, 9.17) is 0 Å². The summed E-state index contributed by atoms with van der Waals surface area (Å²) in [5, 5.41) is 0. The average Bonchev–Trinajstić information content (AvgIpc) is 2.80. The molecule has 1 aliphatic rings. The predicted octanol–water partition coefficient (Wildman–Crippen LogP) is 3.50. The van der Waals surface area contributed by atoms with Crippen LogP contribution in [0.1, 0.15) is 60.0 Å². The molecule has 2 aromatic heterocycles. The van der Waals surface area contributed by atoms with Gasteiger partial charge >= 0.3 is 0 Å². The maximum Gasteiger partial charge on any atom is 0.170 e. The number of rotatable bonds is 2. The van der Waals surface area contributed by atoms with Crippen LogP contribution in [0.15, 0.2) is 18.2 Å². The Labute approximate surface area is 107 Å². The quantitative estimate of drug-likeness (QED) is 0.755. The average molecular weight is 242 g/mol. The van der Waals surface area contributed by atoms with Gasteiger partial charge in [-0.05, 0) is 31.9 Å². The Balaban J connectivity index is 2.18. The number of fused-ring (bicyclic) bond motifs is 1. The molecule has 0 radical (unpaired) electrons. The molecule has 3 heteroatoms. The van der Waals surface area contributed by atoms with E-state index in [2.05, 4.69) is 22.4 Å². The highest BCUT2D eigenvalue weighted by molar-refractivity contribution is 5.84. The summed E-state index contributed by atoms with van der Waals surface area (Å²) < 4.78 is 2.17. The number of hydrogen-bond acceptors (Lipinski definition) is 2. The molecule has 3 nitrogen and oxygen atoms in total. The molecule has 1 saturated carbocycles. The molecular formula is C15H18N2O. The zero-order valence-corrected chi connectivity index (χ0v) is 10.7. The van der Waals surface area contributed by atoms with Crippen LogP contribution in [0, 0.1) is 6.92 Å². The second-order valence-corrected chi connectivity index (χ2v) is 5.20. The molecule has 2 aromatic rings. The summed E-state index contributed by atoms with van der Waals surface area (Å²) in [7, 11) is 0. The molecule has 2 heterocycles. The zero-order valence-electron chi connectivity index (χ0n) is 10.7. The van der Waals surface area contributed by atoms with E-state index in [1.165, 1.54) is 32.1 Å². The van der Waals surface area contributed by atoms with Crippen molar-refractivity contribution in [2.45, 2.75) is 44.9 Å². The number of aromatic nitrogens is 2. The first kappa shape index (κ1) is 11.5. The first-order valence-electron chi connectivity index (χ1n) is 6.74. The van der Waals surface area contributed by atoms with Crippen LogP contribution in [0.4, 0.5) is 0 Å². The van der Waals surface area contributed by atoms with Crippen molar-refractivity contribution in [3.63, 3.8) is 0 Å². The first-order chi connectivity index (χ1) is 8.81. The largest absolute Gasteiger partial charge is 0.300 e. The van der Waals surface area contributed by atoms with Gasteiger partial charge in [0.1, 0.15) is 11.5 Å². The van der Waals surface area contributed by atoms with Crippen LogP contribution >= 0.6 is 0 Å². The van der Waals surface area contributed by atoms with E-state index in [-0.39, 0.29) is 0 Å². The monoisotopic (exact) mass is 242 g/mol. The molecule has 18 heavy (non-hydrogen) atoms. The Bertz CT molecular complexity index is 579. The van der Waals surface area contributed by atoms with E-state index in [1.54, 1.807) is 0 Å². The molecule has 0 N–H and O–H groups in total. The van der Waals surface area contributed by atoms with Gasteiger partial charge in [0.2, 0.25) is 0 Å². The topological polar surface area (TPSA) is 34.4 Å². The molecule has 0 atom stereocenters. The number of carbonyl (C=O) groups is 1. The number of aldehydes is 1. The summed E-state index contributed by atoms with van der Waals surface area (Å²) in [6.45, 7) is 2.08. The van der Waals surface area contributed by atoms with E-state index in [0.717, 1.165) is 23.3 Å². The van der Waals surface area contributed by atoms with Crippen molar-refractivity contribution in [3.05, 3.63) is 35.4 Å². The minimum Gasteiger partial charge on any atom is -0.300 e. The maximum absolute atomic E-state index is 11.2. The number of imidazole rings is 1. The van der Waals surface area contributed by atoms with E-state index < -0.39 is 0 Å². The lowest BCUT2D eigenvalue weighted by Gasteiger charge is -2.21. The number of carbonyl (C=O) groups excluding carboxylic acids is 1. The molecule has 0 saturated heterocycles. The summed E-state index contributed by atoms with van der Waals surface area (Å²) in [4.78, 5) is 15.7. The lowest BCUT2D eigenvalue weighted by atomic mass is 9.88. The number of pyridine rings is 1. The number of nitrogens with zero attached hydrogens (tertiary/aromatic N) is 2. The van der Waals surface area contributed by atoms with Gasteiger partial charge in [-0.25, -0.2) is 4.98 Å². The minimum atomic E-state index is 0.515. The zero-order chi connectivity index (χ0) is 12.5. The Hall–Kier alpha value is -1.64. The van der Waals surface area contributed by atoms with Gasteiger partial charge in [0.05, 0.1) is 5.52 Å². The smallest absolute Gasteiger partial charge is 0.170 e. The third-order valence-electron chi connectivity index (χ3n) is 3.99. The van der Waals surface area contributed by atoms with Crippen LogP contribution in [-0.4, -0.2) is 15.7 Å². The molecule has 0 aromatic carbocycles. The van der Waals surface area contributed by atoms with Crippen LogP contribution in [0.5, 0.6) is 0 Å². The maximum atomic E-state index is 11.2. The molecule has 0 amide bonds. The van der Waals surface area contributed by atoms with Crippen LogP contribution < -0.4 is 0 Å². The van der Waals surface area contributed by atoms with Crippen LogP contribution in [0.25, 0.3) is 5.52 Å². The fraction of sp³-hybridized carbons (Fsp3) is 0.467. The summed E-state index contributed by atoms with van der Waals surface area (Å²) in [5.74, 6) is 1.60. The van der Waals surface area contributed by atoms with Gasteiger partial charge in [0.15, 0.2) is 6.29 Å². The summed E-state index contributed by atoms with van der Waals surface area (Å²) in [5.41, 5.74) is 2.69. The first-order valence-corrected chi connectivity index (χ1v) is 6.74. The van der Waals surface area contributed by atoms with Crippen molar-refractivity contribution in [1.82, 2.24) is 9.38 Å². The van der Waals surface area contributed by atoms with Crippen LogP contribution in [0.3, 0.4) is 0 Å². The SMILES string of the molecule is Cc1cccc2c(C=O)nc(C3CCCCC3)n12. The van der Waals surface area contributed by atoms with Crippen molar-refractivity contribution in [2.75, 3.05) is 0 Å². The van der Waals surface area contributed by atoms with Gasteiger partial charge in [-0.1, -0.05) is 25.3 Å². The fourth-order valence-corrected chi connectivity index (χ4v) is 3.07. The second kappa shape index (κ2) is 4.56. The highest BCUT2D eigenvalue weighted by atomic mass is 16.1. The van der Waals surface area contributed by atoms with Gasteiger partial charge in [-0.2, -0.15) is 0 Å². The molecule has 94 valence electrons. The summed E-state index contributed by atoms with van der Waals surface area (Å²) in [6, 6.07) is 6.05. The molecule has 3 rings (SSSR count). The van der Waals surface area contributed by atoms with Gasteiger partial charge < -0.3 is 4.40 Å². The molecule has 0 unspecified atom stereocenters. The molecular weight excluding hydrogens is 224 g/mol. The molecule has 1 fully saturated rings. The van der Waals surface area contributed by atoms with Gasteiger partial charge in [-0.15, -0.1) is 0 Å². The molecule has 0 aliphatic heterocycles. The standard InChI is InChI=1S/C15H18N2O/c1-11-6-5-9-14-13(10-18)16-15(17(11)14)12-7-3-2-4-8-12/h5-6,9-10,12H,2-4,7-8H2,1H3. The lowest BCUT2D eigenvalue weighted by Crippen LogP contribution is -2.09. The normalized spacial score (nSPS) is 17.2. The summed E-state index contributed by atoms with van der Waals surface area (Å²) in [6.07, 6.45) is 7.17. The molecule has 0 bridgehead atoms. The highest BCUT2D eigenvalue weighted by Gasteiger charge is 2.22. The fourth-order valence-electron chi connectivity index (χ4n) is 3.07. The van der Waals surface area contributed by atoms with Crippen molar-refractivity contribution < 1.29 is 4.79 Å². The Morgan fingerprint density at radius 2 is 2.06 bits per heavy atom. The number of hydrogen-bond donors (Lipinski definition) is 0. The van der Waals surface area contributed by atoms with Gasteiger partial charge in [0.25, 0.3) is 0 Å². The van der Waals surface area contributed by atoms with E-state index in [9.17, 15) is 4.79 Å². The highest BCUT2D eigenvalue weighted by Crippen LogP contribution is 2.33. The minimum absolute atomic E-state index is 0.515. The van der Waals surface area contributed by atoms with Crippen molar-refractivity contribution in [1.29, 1.82) is 0 Å². The third kappa shape index (κ3) is 1.74. The third-order valence-corrected chi connectivity index (χ3v) is 3.99. The van der Waals surface area contributed by atoms with Crippen molar-refractivity contribution >= 4 is 11.8 Å². The van der Waals surface area contributed by atoms with E-state index in [0.29, 0.717) is 11.6 Å². The number of aryl methyl sites for hydroxylation is 1. The van der Waals surface area contributed by atoms with Crippen LogP contribution in [0.2, 0.25) is 0 Å². The predicted molar refractivity (Wildman–Crippen MR) is 71.1 cm³/mol. The Kier molecular flexibility index (Phi) is 2.90. The van der Waals surface area contributed by atoms with Crippen molar-refractivity contribution in [2.24, 2.45) is 0 Å². The van der Waals surface area contributed by atoms with Gasteiger partial charge in [0, 0.05) is 11.6 Å². The lowest BCUT2D eigenvalue weighted by molar-refractivity contribution is 0.112. The molecule has 1 aliphatic carbocycles. The van der Waals surface area contributed by atoms with E-state index >= 15 is 0 Å². The second-order valence-electron chi connectivity index (χ2n) is 5.20. The van der Waals surface area contributed by atoms with E-state index in [1.807, 2.05) is 12.1 Å². The van der Waals surface area contributed by atoms with Crippen molar-refractivity contribution in [3.8, 4) is 0 Å². The Morgan fingerprint density at radius 1 is 1.28 bits per heavy atom. The molecule has 0 spiro atoms. The van der Waals surface area contributed by atoms with Crippen LogP contribution in [-0.2, 0) is 0 Å². The Morgan fingerprint density at radius 3 is 2.78 bits per heavy atom. The van der Waals surface area contributed by atoms with Gasteiger partial charge in [-0.3, -0.25) is 4.79 Å².